The maximum Gasteiger partial charge on any atom is 0.117 e. The molecule has 0 saturated carbocycles. The third kappa shape index (κ3) is 4.45. The highest BCUT2D eigenvalue weighted by Gasteiger charge is 2.40. The minimum absolute atomic E-state index is 0.255. The number of hydrogen-bond acceptors (Lipinski definition) is 6. The predicted molar refractivity (Wildman–Crippen MR) is 98.5 cm³/mol. The molecule has 2 aliphatic heterocycles. The van der Waals surface area contributed by atoms with Crippen molar-refractivity contribution in [1.29, 1.82) is 0 Å². The van der Waals surface area contributed by atoms with Gasteiger partial charge in [0.15, 0.2) is 0 Å². The van der Waals surface area contributed by atoms with E-state index >= 15 is 0 Å². The van der Waals surface area contributed by atoms with E-state index < -0.39 is 0 Å². The summed E-state index contributed by atoms with van der Waals surface area (Å²) in [6.45, 7) is 7.65. The van der Waals surface area contributed by atoms with Crippen LogP contribution < -0.4 is 0 Å². The number of hydrogen-bond donors (Lipinski definition) is 0. The van der Waals surface area contributed by atoms with Crippen molar-refractivity contribution in [3.05, 3.63) is 60.2 Å². The third-order valence-corrected chi connectivity index (χ3v) is 5.07. The van der Waals surface area contributed by atoms with E-state index in [9.17, 15) is 0 Å². The lowest BCUT2D eigenvalue weighted by Gasteiger charge is -2.43. The van der Waals surface area contributed by atoms with Crippen molar-refractivity contribution in [3.63, 3.8) is 0 Å². The second kappa shape index (κ2) is 8.22. The number of rotatable bonds is 4. The fraction of sp³-hybridized carbons (Fsp3) is 0.500. The van der Waals surface area contributed by atoms with Gasteiger partial charge in [0.2, 0.25) is 0 Å². The van der Waals surface area contributed by atoms with Crippen LogP contribution in [0, 0.1) is 0 Å². The highest BCUT2D eigenvalue weighted by atomic mass is 16.5. The minimum Gasteiger partial charge on any atom is -0.377 e. The third-order valence-electron chi connectivity index (χ3n) is 5.07. The molecular weight excluding hydrogens is 328 g/mol. The van der Waals surface area contributed by atoms with Gasteiger partial charge < -0.3 is 9.47 Å². The van der Waals surface area contributed by atoms with Gasteiger partial charge in [0.1, 0.15) is 5.60 Å². The number of aromatic nitrogens is 2. The summed E-state index contributed by atoms with van der Waals surface area (Å²) in [6.07, 6.45) is 7.42. The molecule has 2 aliphatic rings. The molecule has 2 fully saturated rings. The van der Waals surface area contributed by atoms with Crippen LogP contribution in [0.1, 0.15) is 11.1 Å². The zero-order valence-electron chi connectivity index (χ0n) is 15.1. The van der Waals surface area contributed by atoms with E-state index in [1.165, 1.54) is 11.1 Å². The molecule has 0 unspecified atom stereocenters. The Morgan fingerprint density at radius 1 is 0.808 bits per heavy atom. The smallest absolute Gasteiger partial charge is 0.117 e. The van der Waals surface area contributed by atoms with Gasteiger partial charge in [-0.15, -0.1) is 0 Å². The predicted octanol–water partition coefficient (Wildman–Crippen LogP) is 1.58. The van der Waals surface area contributed by atoms with E-state index in [2.05, 4.69) is 44.0 Å². The number of morpholine rings is 1. The summed E-state index contributed by atoms with van der Waals surface area (Å²) < 4.78 is 12.2. The highest BCUT2D eigenvalue weighted by molar-refractivity contribution is 5.11. The Morgan fingerprint density at radius 3 is 1.92 bits per heavy atom. The van der Waals surface area contributed by atoms with E-state index in [1.54, 1.807) is 0 Å². The van der Waals surface area contributed by atoms with Gasteiger partial charge in [-0.25, -0.2) is 0 Å². The lowest BCUT2D eigenvalue weighted by atomic mass is 10.0. The summed E-state index contributed by atoms with van der Waals surface area (Å²) in [6, 6.07) is 8.33. The van der Waals surface area contributed by atoms with Crippen molar-refractivity contribution < 1.29 is 9.47 Å². The first kappa shape index (κ1) is 17.5. The molecule has 0 radical (unpaired) electrons. The summed E-state index contributed by atoms with van der Waals surface area (Å²) in [5, 5.41) is 0. The van der Waals surface area contributed by atoms with Crippen LogP contribution in [0.4, 0.5) is 0 Å². The lowest BCUT2D eigenvalue weighted by molar-refractivity contribution is -0.143. The van der Waals surface area contributed by atoms with Crippen LogP contribution in [0.25, 0.3) is 0 Å². The standard InChI is InChI=1S/C20H26N4O2/c1-5-21-6-2-18(1)13-23-9-11-25-17-20(15-23)16-24(10-12-26-20)14-19-3-7-22-8-4-19/h1-8H,9-17H2/t20-/m0/s1. The number of pyridine rings is 2. The van der Waals surface area contributed by atoms with Crippen molar-refractivity contribution in [2.45, 2.75) is 18.7 Å². The van der Waals surface area contributed by atoms with Crippen molar-refractivity contribution in [3.8, 4) is 0 Å². The SMILES string of the molecule is c1cc(CN2CCOC[C@]3(C2)CN(Cc2ccncc2)CCO3)ccn1. The molecule has 2 aromatic heterocycles. The van der Waals surface area contributed by atoms with Gasteiger partial charge in [-0.05, 0) is 35.4 Å². The zero-order valence-corrected chi connectivity index (χ0v) is 15.1. The molecular formula is C20H26N4O2. The maximum atomic E-state index is 6.29. The van der Waals surface area contributed by atoms with Gasteiger partial charge >= 0.3 is 0 Å². The van der Waals surface area contributed by atoms with Gasteiger partial charge in [0.25, 0.3) is 0 Å². The molecule has 138 valence electrons. The summed E-state index contributed by atoms with van der Waals surface area (Å²) >= 11 is 0. The van der Waals surface area contributed by atoms with E-state index in [0.717, 1.165) is 52.5 Å². The van der Waals surface area contributed by atoms with E-state index in [-0.39, 0.29) is 5.60 Å². The second-order valence-electron chi connectivity index (χ2n) is 7.22. The average molecular weight is 354 g/mol. The maximum absolute atomic E-state index is 6.29. The van der Waals surface area contributed by atoms with Crippen molar-refractivity contribution >= 4 is 0 Å². The largest absolute Gasteiger partial charge is 0.377 e. The Kier molecular flexibility index (Phi) is 5.55. The molecule has 4 rings (SSSR count). The summed E-state index contributed by atoms with van der Waals surface area (Å²) in [4.78, 5) is 13.1. The summed E-state index contributed by atoms with van der Waals surface area (Å²) in [5.41, 5.74) is 2.32. The fourth-order valence-electron chi connectivity index (χ4n) is 3.85. The van der Waals surface area contributed by atoms with E-state index in [0.29, 0.717) is 6.61 Å². The Balaban J connectivity index is 1.43. The van der Waals surface area contributed by atoms with Crippen molar-refractivity contribution in [2.75, 3.05) is 46.0 Å². The molecule has 0 N–H and O–H groups in total. The number of ether oxygens (including phenoxy) is 2. The molecule has 1 spiro atoms. The topological polar surface area (TPSA) is 50.7 Å². The molecule has 2 saturated heterocycles. The second-order valence-corrected chi connectivity index (χ2v) is 7.22. The summed E-state index contributed by atoms with van der Waals surface area (Å²) in [7, 11) is 0. The van der Waals surface area contributed by atoms with Gasteiger partial charge in [-0.2, -0.15) is 0 Å². The van der Waals surface area contributed by atoms with Gasteiger partial charge in [-0.3, -0.25) is 19.8 Å². The van der Waals surface area contributed by atoms with Gasteiger partial charge in [0.05, 0.1) is 19.8 Å². The summed E-state index contributed by atoms with van der Waals surface area (Å²) in [5.74, 6) is 0. The first-order valence-electron chi connectivity index (χ1n) is 9.26. The molecule has 0 amide bonds. The first-order valence-corrected chi connectivity index (χ1v) is 9.26. The molecule has 2 aromatic rings. The molecule has 0 aromatic carbocycles. The molecule has 6 heteroatoms. The van der Waals surface area contributed by atoms with Crippen molar-refractivity contribution in [2.24, 2.45) is 0 Å². The average Bonchev–Trinajstić information content (AvgIpc) is 2.85. The van der Waals surface area contributed by atoms with Crippen LogP contribution in [0.2, 0.25) is 0 Å². The van der Waals surface area contributed by atoms with Gasteiger partial charge in [0, 0.05) is 64.1 Å². The quantitative estimate of drug-likeness (QED) is 0.831. The van der Waals surface area contributed by atoms with Crippen molar-refractivity contribution in [1.82, 2.24) is 19.8 Å². The number of nitrogens with zero attached hydrogens (tertiary/aromatic N) is 4. The van der Waals surface area contributed by atoms with Crippen LogP contribution in [0.3, 0.4) is 0 Å². The molecule has 1 atom stereocenters. The first-order chi connectivity index (χ1) is 12.8. The molecule has 6 nitrogen and oxygen atoms in total. The zero-order chi connectivity index (χ0) is 17.7. The molecule has 4 heterocycles. The fourth-order valence-corrected chi connectivity index (χ4v) is 3.85. The lowest BCUT2D eigenvalue weighted by Crippen LogP contribution is -2.58. The minimum atomic E-state index is -0.255. The Labute approximate surface area is 154 Å². The van der Waals surface area contributed by atoms with E-state index in [1.807, 2.05) is 24.8 Å². The van der Waals surface area contributed by atoms with Crippen LogP contribution in [0.15, 0.2) is 49.1 Å². The Bertz CT molecular complexity index is 685. The monoisotopic (exact) mass is 354 g/mol. The Hall–Kier alpha value is -1.86. The Morgan fingerprint density at radius 2 is 1.35 bits per heavy atom. The molecule has 0 bridgehead atoms. The molecule has 0 aliphatic carbocycles. The highest BCUT2D eigenvalue weighted by Crippen LogP contribution is 2.24. The van der Waals surface area contributed by atoms with Crippen LogP contribution >= 0.6 is 0 Å². The van der Waals surface area contributed by atoms with Crippen LogP contribution in [-0.4, -0.2) is 71.4 Å². The van der Waals surface area contributed by atoms with Crippen LogP contribution in [0.5, 0.6) is 0 Å². The van der Waals surface area contributed by atoms with E-state index in [4.69, 9.17) is 9.47 Å². The normalized spacial score (nSPS) is 25.2. The molecule has 26 heavy (non-hydrogen) atoms. The van der Waals surface area contributed by atoms with Crippen LogP contribution in [-0.2, 0) is 22.6 Å². The van der Waals surface area contributed by atoms with Gasteiger partial charge in [-0.1, -0.05) is 0 Å².